The molecule has 2 aromatic rings. The summed E-state index contributed by atoms with van der Waals surface area (Å²) in [6.45, 7) is 2.89. The second-order valence-corrected chi connectivity index (χ2v) is 5.19. The summed E-state index contributed by atoms with van der Waals surface area (Å²) < 4.78 is 7.02. The maximum absolute atomic E-state index is 10.4. The predicted octanol–water partition coefficient (Wildman–Crippen LogP) is -0.195. The molecule has 1 fully saturated rings. The number of aromatic nitrogens is 4. The molecule has 2 aromatic heterocycles. The molecule has 0 aromatic carbocycles. The van der Waals surface area contributed by atoms with E-state index in [1.807, 2.05) is 0 Å². The minimum Gasteiger partial charge on any atom is -0.492 e. The largest absolute Gasteiger partial charge is 0.492 e. The maximum Gasteiger partial charge on any atom is 0.244 e. The molecule has 0 amide bonds. The lowest BCUT2D eigenvalue weighted by Gasteiger charge is -2.24. The van der Waals surface area contributed by atoms with Gasteiger partial charge in [0, 0.05) is 4.91 Å². The number of aliphatic hydroxyl groups is 2. The molecule has 1 saturated heterocycles. The molecule has 4 atom stereocenters. The number of aliphatic hydroxyl groups excluding tert-OH is 2. The van der Waals surface area contributed by atoms with Crippen LogP contribution in [0.5, 0.6) is 5.88 Å². The van der Waals surface area contributed by atoms with Crippen molar-refractivity contribution in [1.82, 2.24) is 19.5 Å². The summed E-state index contributed by atoms with van der Waals surface area (Å²) in [5.41, 5.74) is 12.6. The van der Waals surface area contributed by atoms with Crippen LogP contribution in [0, 0.1) is 5.92 Å². The van der Waals surface area contributed by atoms with Crippen LogP contribution in [0.2, 0.25) is 0 Å². The average molecular weight is 334 g/mol. The van der Waals surface area contributed by atoms with E-state index in [2.05, 4.69) is 31.6 Å². The van der Waals surface area contributed by atoms with Gasteiger partial charge in [-0.2, -0.15) is 9.97 Å². The number of nitrogen functional groups attached to an aromatic ring is 1. The van der Waals surface area contributed by atoms with Crippen LogP contribution in [0.25, 0.3) is 21.6 Å². The van der Waals surface area contributed by atoms with Crippen molar-refractivity contribution >= 4 is 17.1 Å². The standard InChI is InChI=1S/C12H14N8O4/c1-2-5-7(22)12(3-21,18-19-14)24-10(5)20-4-15-6-8(20)16-11(13)17-9(6)23/h2,4-5,7,10,21-22H,1,3H2,(H3,13,16,17,23)/t5-,7-,10+,12+/m0/s1. The van der Waals surface area contributed by atoms with Crippen molar-refractivity contribution in [3.63, 3.8) is 0 Å². The molecule has 12 heteroatoms. The summed E-state index contributed by atoms with van der Waals surface area (Å²) in [5, 5.41) is 33.2. The Morgan fingerprint density at radius 2 is 2.33 bits per heavy atom. The first kappa shape index (κ1) is 16.0. The van der Waals surface area contributed by atoms with Gasteiger partial charge in [-0.1, -0.05) is 11.2 Å². The fourth-order valence-corrected chi connectivity index (χ4v) is 2.73. The Morgan fingerprint density at radius 3 is 2.96 bits per heavy atom. The highest BCUT2D eigenvalue weighted by Gasteiger charge is 2.54. The number of hydrogen-bond acceptors (Lipinski definition) is 9. The van der Waals surface area contributed by atoms with Gasteiger partial charge in [-0.15, -0.1) is 6.58 Å². The Hall–Kier alpha value is -2.92. The van der Waals surface area contributed by atoms with E-state index >= 15 is 0 Å². The number of nitrogens with two attached hydrogens (primary N) is 1. The zero-order valence-electron chi connectivity index (χ0n) is 12.3. The van der Waals surface area contributed by atoms with E-state index in [-0.39, 0.29) is 17.1 Å². The normalized spacial score (nSPS) is 29.5. The van der Waals surface area contributed by atoms with E-state index in [0.717, 1.165) is 0 Å². The van der Waals surface area contributed by atoms with Gasteiger partial charge in [0.05, 0.1) is 18.9 Å². The first-order chi connectivity index (χ1) is 11.5. The summed E-state index contributed by atoms with van der Waals surface area (Å²) in [6, 6.07) is 0. The molecular weight excluding hydrogens is 320 g/mol. The highest BCUT2D eigenvalue weighted by molar-refractivity contribution is 5.77. The highest BCUT2D eigenvalue weighted by atomic mass is 16.6. The average Bonchev–Trinajstić information content (AvgIpc) is 3.08. The monoisotopic (exact) mass is 334 g/mol. The molecule has 0 aliphatic carbocycles. The lowest BCUT2D eigenvalue weighted by atomic mass is 9.96. The van der Waals surface area contributed by atoms with E-state index in [0.29, 0.717) is 0 Å². The highest BCUT2D eigenvalue weighted by Crippen LogP contribution is 2.44. The van der Waals surface area contributed by atoms with Crippen molar-refractivity contribution in [2.75, 3.05) is 12.3 Å². The Morgan fingerprint density at radius 1 is 1.58 bits per heavy atom. The maximum atomic E-state index is 10.4. The van der Waals surface area contributed by atoms with Gasteiger partial charge in [0.2, 0.25) is 11.8 Å². The minimum absolute atomic E-state index is 0.0791. The van der Waals surface area contributed by atoms with Gasteiger partial charge in [-0.3, -0.25) is 4.57 Å². The Balaban J connectivity index is 2.15. The topological polar surface area (TPSA) is 188 Å². The second kappa shape index (κ2) is 5.62. The zero-order chi connectivity index (χ0) is 17.5. The third-order valence-electron chi connectivity index (χ3n) is 3.89. The SMILES string of the molecule is C=C[C@@H]1[C@H](n2cnc3c(O)nc(N)nc32)O[C@@](CO)(N=[N+]=[N-])[C@H]1O. The number of anilines is 1. The van der Waals surface area contributed by atoms with Gasteiger partial charge in [0.25, 0.3) is 0 Å². The summed E-state index contributed by atoms with van der Waals surface area (Å²) in [7, 11) is 0. The van der Waals surface area contributed by atoms with Crippen molar-refractivity contribution in [3.8, 4) is 5.88 Å². The first-order valence-electron chi connectivity index (χ1n) is 6.82. The van der Waals surface area contributed by atoms with Gasteiger partial charge >= 0.3 is 0 Å². The molecule has 1 aliphatic rings. The number of imidazole rings is 1. The summed E-state index contributed by atoms with van der Waals surface area (Å²) in [4.78, 5) is 14.2. The third-order valence-corrected chi connectivity index (χ3v) is 3.89. The van der Waals surface area contributed by atoms with Gasteiger partial charge in [0.15, 0.2) is 16.9 Å². The number of rotatable bonds is 4. The Kier molecular flexibility index (Phi) is 3.73. The number of ether oxygens (including phenoxy) is 1. The van der Waals surface area contributed by atoms with Crippen LogP contribution in [0.15, 0.2) is 24.1 Å². The molecule has 0 unspecified atom stereocenters. The van der Waals surface area contributed by atoms with Crippen LogP contribution in [0.1, 0.15) is 6.23 Å². The van der Waals surface area contributed by atoms with Gasteiger partial charge < -0.3 is 25.8 Å². The molecule has 0 spiro atoms. The second-order valence-electron chi connectivity index (χ2n) is 5.19. The third kappa shape index (κ3) is 2.13. The van der Waals surface area contributed by atoms with Crippen LogP contribution in [0.4, 0.5) is 5.95 Å². The number of aromatic hydroxyl groups is 1. The smallest absolute Gasteiger partial charge is 0.244 e. The molecule has 0 bridgehead atoms. The van der Waals surface area contributed by atoms with Gasteiger partial charge in [-0.25, -0.2) is 4.98 Å². The lowest BCUT2D eigenvalue weighted by molar-refractivity contribution is -0.122. The summed E-state index contributed by atoms with van der Waals surface area (Å²) >= 11 is 0. The number of fused-ring (bicyclic) bond motifs is 1. The Bertz CT molecular complexity index is 847. The number of nitrogens with zero attached hydrogens (tertiary/aromatic N) is 7. The summed E-state index contributed by atoms with van der Waals surface area (Å²) in [6.07, 6.45) is 0.395. The van der Waals surface area contributed by atoms with Crippen LogP contribution in [-0.2, 0) is 4.74 Å². The molecule has 24 heavy (non-hydrogen) atoms. The van der Waals surface area contributed by atoms with Crippen molar-refractivity contribution in [2.45, 2.75) is 18.1 Å². The summed E-state index contributed by atoms with van der Waals surface area (Å²) in [5.74, 6) is -1.34. The molecule has 1 aliphatic heterocycles. The molecule has 0 radical (unpaired) electrons. The number of hydrogen-bond donors (Lipinski definition) is 4. The van der Waals surface area contributed by atoms with E-state index in [1.54, 1.807) is 0 Å². The molecule has 12 nitrogen and oxygen atoms in total. The van der Waals surface area contributed by atoms with Crippen LogP contribution in [0.3, 0.4) is 0 Å². The van der Waals surface area contributed by atoms with E-state index in [1.165, 1.54) is 17.0 Å². The van der Waals surface area contributed by atoms with Crippen LogP contribution >= 0.6 is 0 Å². The van der Waals surface area contributed by atoms with Gasteiger partial charge in [-0.05, 0) is 5.53 Å². The minimum atomic E-state index is -1.88. The van der Waals surface area contributed by atoms with E-state index in [9.17, 15) is 15.3 Å². The van der Waals surface area contributed by atoms with Crippen molar-refractivity contribution in [3.05, 3.63) is 29.4 Å². The molecule has 126 valence electrons. The molecule has 3 rings (SSSR count). The zero-order valence-corrected chi connectivity index (χ0v) is 12.3. The van der Waals surface area contributed by atoms with Crippen molar-refractivity contribution in [2.24, 2.45) is 11.0 Å². The fraction of sp³-hybridized carbons (Fsp3) is 0.417. The Labute approximate surface area is 134 Å². The van der Waals surface area contributed by atoms with Crippen molar-refractivity contribution in [1.29, 1.82) is 0 Å². The molecular formula is C12H14N8O4. The first-order valence-corrected chi connectivity index (χ1v) is 6.82. The number of azide groups is 1. The van der Waals surface area contributed by atoms with Crippen LogP contribution in [-0.4, -0.2) is 53.3 Å². The van der Waals surface area contributed by atoms with E-state index in [4.69, 9.17) is 16.0 Å². The molecule has 3 heterocycles. The molecule has 0 saturated carbocycles. The quantitative estimate of drug-likeness (QED) is 0.256. The van der Waals surface area contributed by atoms with E-state index < -0.39 is 36.5 Å². The van der Waals surface area contributed by atoms with Gasteiger partial charge in [0.1, 0.15) is 12.3 Å². The van der Waals surface area contributed by atoms with Crippen molar-refractivity contribution < 1.29 is 20.1 Å². The molecule has 5 N–H and O–H groups in total. The van der Waals surface area contributed by atoms with Crippen LogP contribution < -0.4 is 5.73 Å². The lowest BCUT2D eigenvalue weighted by Crippen LogP contribution is -2.42. The predicted molar refractivity (Wildman–Crippen MR) is 80.2 cm³/mol. The fourth-order valence-electron chi connectivity index (χ4n) is 2.73.